The highest BCUT2D eigenvalue weighted by atomic mass is 127. The van der Waals surface area contributed by atoms with E-state index in [0.717, 1.165) is 3.57 Å². The monoisotopic (exact) mass is 438 g/mol. The average molecular weight is 439 g/mol. The molecule has 0 radical (unpaired) electrons. The molecule has 23 heavy (non-hydrogen) atoms. The summed E-state index contributed by atoms with van der Waals surface area (Å²) in [6.45, 7) is 1.71. The summed E-state index contributed by atoms with van der Waals surface area (Å²) in [5.41, 5.74) is 7.39. The maximum absolute atomic E-state index is 13.0. The number of carbonyl (C=O) groups excluding carboxylic acids is 2. The first-order valence-electron chi connectivity index (χ1n) is 6.81. The van der Waals surface area contributed by atoms with E-state index < -0.39 is 5.91 Å². The number of hydrogen-bond acceptors (Lipinski definition) is 2. The Labute approximate surface area is 151 Å². The number of halogens is 2. The fraction of sp³-hybridized carbons (Fsp3) is 0.0588. The second-order valence-electron chi connectivity index (χ2n) is 5.11. The molecular weight excluding hydrogens is 427 g/mol. The topological polar surface area (TPSA) is 65.1 Å². The Kier molecular flexibility index (Phi) is 4.16. The molecule has 0 saturated heterocycles. The minimum atomic E-state index is -0.556. The highest BCUT2D eigenvalue weighted by molar-refractivity contribution is 14.1. The lowest BCUT2D eigenvalue weighted by Gasteiger charge is -2.09. The molecule has 0 unspecified atom stereocenters. The highest BCUT2D eigenvalue weighted by Crippen LogP contribution is 2.28. The molecule has 0 saturated carbocycles. The van der Waals surface area contributed by atoms with Crippen LogP contribution in [-0.4, -0.2) is 16.4 Å². The van der Waals surface area contributed by atoms with E-state index >= 15 is 0 Å². The van der Waals surface area contributed by atoms with E-state index in [-0.39, 0.29) is 5.91 Å². The zero-order chi connectivity index (χ0) is 16.7. The van der Waals surface area contributed by atoms with Gasteiger partial charge in [0.25, 0.3) is 11.8 Å². The van der Waals surface area contributed by atoms with Crippen molar-refractivity contribution in [3.8, 4) is 0 Å². The molecule has 0 aliphatic heterocycles. The standard InChI is InChI=1S/C17H12ClIN2O2/c1-9-15(16(20)22)11-4-2-3-5-14(11)21(9)17(23)12-8-10(19)6-7-13(12)18/h2-8H,1H3,(H2,20,22). The largest absolute Gasteiger partial charge is 0.366 e. The van der Waals surface area contributed by atoms with Crippen molar-refractivity contribution >= 4 is 56.9 Å². The van der Waals surface area contributed by atoms with Gasteiger partial charge in [-0.3, -0.25) is 14.2 Å². The number of primary amides is 1. The summed E-state index contributed by atoms with van der Waals surface area (Å²) in [6, 6.07) is 12.4. The average Bonchev–Trinajstić information content (AvgIpc) is 2.81. The van der Waals surface area contributed by atoms with Gasteiger partial charge in [-0.25, -0.2) is 0 Å². The summed E-state index contributed by atoms with van der Waals surface area (Å²) in [6.07, 6.45) is 0. The van der Waals surface area contributed by atoms with Crippen LogP contribution >= 0.6 is 34.2 Å². The number of hydrogen-bond donors (Lipinski definition) is 1. The van der Waals surface area contributed by atoms with Crippen molar-refractivity contribution in [1.82, 2.24) is 4.57 Å². The van der Waals surface area contributed by atoms with E-state index in [0.29, 0.717) is 32.7 Å². The molecule has 2 N–H and O–H groups in total. The lowest BCUT2D eigenvalue weighted by Crippen LogP contribution is -2.17. The van der Waals surface area contributed by atoms with Crippen LogP contribution in [0, 0.1) is 10.5 Å². The summed E-state index contributed by atoms with van der Waals surface area (Å²) >= 11 is 8.31. The van der Waals surface area contributed by atoms with Crippen molar-refractivity contribution in [2.75, 3.05) is 0 Å². The maximum atomic E-state index is 13.0. The first kappa shape index (κ1) is 16.0. The van der Waals surface area contributed by atoms with Gasteiger partial charge in [0.2, 0.25) is 0 Å². The molecular formula is C17H12ClIN2O2. The predicted molar refractivity (Wildman–Crippen MR) is 99.1 cm³/mol. The van der Waals surface area contributed by atoms with Gasteiger partial charge >= 0.3 is 0 Å². The van der Waals surface area contributed by atoms with Crippen molar-refractivity contribution < 1.29 is 9.59 Å². The van der Waals surface area contributed by atoms with Gasteiger partial charge in [-0.05, 0) is 53.8 Å². The van der Waals surface area contributed by atoms with Gasteiger partial charge < -0.3 is 5.73 Å². The molecule has 0 bridgehead atoms. The molecule has 2 aromatic carbocycles. The first-order valence-corrected chi connectivity index (χ1v) is 8.27. The molecule has 3 rings (SSSR count). The molecule has 116 valence electrons. The number of benzene rings is 2. The smallest absolute Gasteiger partial charge is 0.264 e. The van der Waals surface area contributed by atoms with Gasteiger partial charge in [0, 0.05) is 14.7 Å². The third-order valence-corrected chi connectivity index (χ3v) is 4.72. The molecule has 3 aromatic rings. The van der Waals surface area contributed by atoms with Gasteiger partial charge in [0.15, 0.2) is 0 Å². The minimum Gasteiger partial charge on any atom is -0.366 e. The molecule has 1 amide bonds. The summed E-state index contributed by atoms with van der Waals surface area (Å²) < 4.78 is 2.40. The number of carbonyl (C=O) groups is 2. The molecule has 0 aliphatic rings. The van der Waals surface area contributed by atoms with Crippen LogP contribution in [0.4, 0.5) is 0 Å². The van der Waals surface area contributed by atoms with E-state index in [1.165, 1.54) is 4.57 Å². The van der Waals surface area contributed by atoms with Crippen molar-refractivity contribution in [1.29, 1.82) is 0 Å². The Balaban J connectivity index is 2.32. The van der Waals surface area contributed by atoms with Crippen LogP contribution in [0.1, 0.15) is 26.4 Å². The van der Waals surface area contributed by atoms with Crippen molar-refractivity contribution in [3.63, 3.8) is 0 Å². The van der Waals surface area contributed by atoms with Crippen LogP contribution in [0.25, 0.3) is 10.9 Å². The Hall–Kier alpha value is -1.86. The molecule has 0 spiro atoms. The first-order chi connectivity index (χ1) is 10.9. The maximum Gasteiger partial charge on any atom is 0.264 e. The number of nitrogens with two attached hydrogens (primary N) is 1. The van der Waals surface area contributed by atoms with Crippen molar-refractivity contribution in [2.45, 2.75) is 6.92 Å². The fourth-order valence-corrected chi connectivity index (χ4v) is 3.41. The number of amides is 1. The summed E-state index contributed by atoms with van der Waals surface area (Å²) in [4.78, 5) is 24.8. The van der Waals surface area contributed by atoms with Gasteiger partial charge in [-0.2, -0.15) is 0 Å². The van der Waals surface area contributed by atoms with Crippen LogP contribution < -0.4 is 5.73 Å². The minimum absolute atomic E-state index is 0.283. The van der Waals surface area contributed by atoms with Gasteiger partial charge in [-0.15, -0.1) is 0 Å². The number of nitrogens with zero attached hydrogens (tertiary/aromatic N) is 1. The molecule has 0 atom stereocenters. The Morgan fingerprint density at radius 2 is 1.87 bits per heavy atom. The quantitative estimate of drug-likeness (QED) is 0.615. The molecule has 0 aliphatic carbocycles. The second-order valence-corrected chi connectivity index (χ2v) is 6.76. The third kappa shape index (κ3) is 2.64. The van der Waals surface area contributed by atoms with E-state index in [2.05, 4.69) is 22.6 Å². The number of fused-ring (bicyclic) bond motifs is 1. The number of rotatable bonds is 2. The van der Waals surface area contributed by atoms with Gasteiger partial charge in [0.1, 0.15) is 0 Å². The Morgan fingerprint density at radius 1 is 1.17 bits per heavy atom. The fourth-order valence-electron chi connectivity index (χ4n) is 2.72. The van der Waals surface area contributed by atoms with E-state index in [1.807, 2.05) is 18.2 Å². The SMILES string of the molecule is Cc1c(C(N)=O)c2ccccc2n1C(=O)c1cc(I)ccc1Cl. The van der Waals surface area contributed by atoms with Crippen LogP contribution in [0.5, 0.6) is 0 Å². The molecule has 0 fully saturated rings. The van der Waals surface area contributed by atoms with Crippen molar-refractivity contribution in [2.24, 2.45) is 5.73 Å². The zero-order valence-electron chi connectivity index (χ0n) is 12.1. The van der Waals surface area contributed by atoms with E-state index in [1.54, 1.807) is 31.2 Å². The van der Waals surface area contributed by atoms with E-state index in [9.17, 15) is 9.59 Å². The molecule has 4 nitrogen and oxygen atoms in total. The predicted octanol–water partition coefficient (Wildman–Crippen LogP) is 4.00. The number of aromatic nitrogens is 1. The summed E-state index contributed by atoms with van der Waals surface area (Å²) in [5.74, 6) is -0.839. The molecule has 1 aromatic heterocycles. The molecule has 1 heterocycles. The highest BCUT2D eigenvalue weighted by Gasteiger charge is 2.23. The summed E-state index contributed by atoms with van der Waals surface area (Å²) in [7, 11) is 0. The zero-order valence-corrected chi connectivity index (χ0v) is 15.1. The Morgan fingerprint density at radius 3 is 2.57 bits per heavy atom. The van der Waals surface area contributed by atoms with E-state index in [4.69, 9.17) is 17.3 Å². The summed E-state index contributed by atoms with van der Waals surface area (Å²) in [5, 5.41) is 1.03. The number of para-hydroxylation sites is 1. The Bertz CT molecular complexity index is 963. The van der Waals surface area contributed by atoms with Crippen molar-refractivity contribution in [3.05, 3.63) is 67.9 Å². The molecule has 6 heteroatoms. The van der Waals surface area contributed by atoms with Gasteiger partial charge in [-0.1, -0.05) is 29.8 Å². The van der Waals surface area contributed by atoms with Crippen LogP contribution in [0.2, 0.25) is 5.02 Å². The van der Waals surface area contributed by atoms with Crippen LogP contribution in [-0.2, 0) is 0 Å². The normalized spacial score (nSPS) is 10.9. The van der Waals surface area contributed by atoms with Gasteiger partial charge in [0.05, 0.1) is 21.7 Å². The van der Waals surface area contributed by atoms with Crippen LogP contribution in [0.3, 0.4) is 0 Å². The van der Waals surface area contributed by atoms with Crippen LogP contribution in [0.15, 0.2) is 42.5 Å². The second kappa shape index (κ2) is 5.98. The lowest BCUT2D eigenvalue weighted by atomic mass is 10.1. The third-order valence-electron chi connectivity index (χ3n) is 3.72. The lowest BCUT2D eigenvalue weighted by molar-refractivity contribution is 0.0963.